The summed E-state index contributed by atoms with van der Waals surface area (Å²) in [6.45, 7) is 4.22. The molecule has 0 aromatic heterocycles. The van der Waals surface area contributed by atoms with Gasteiger partial charge in [0, 0.05) is 5.57 Å². The van der Waals surface area contributed by atoms with Crippen molar-refractivity contribution >= 4 is 5.97 Å². The predicted octanol–water partition coefficient (Wildman–Crippen LogP) is 10.6. The molecule has 3 nitrogen and oxygen atoms in total. The van der Waals surface area contributed by atoms with E-state index in [1.165, 1.54) is 141 Å². The molecule has 3 unspecified atom stereocenters. The molecule has 0 bridgehead atoms. The summed E-state index contributed by atoms with van der Waals surface area (Å²) < 4.78 is 11.0. The lowest BCUT2D eigenvalue weighted by molar-refractivity contribution is -0.139. The first-order valence-electron chi connectivity index (χ1n) is 16.4. The van der Waals surface area contributed by atoms with Crippen LogP contribution in [0.25, 0.3) is 0 Å². The van der Waals surface area contributed by atoms with E-state index in [0.717, 1.165) is 18.4 Å². The molecule has 0 aromatic carbocycles. The first-order valence-corrected chi connectivity index (χ1v) is 16.4. The fourth-order valence-corrected chi connectivity index (χ4v) is 5.65. The molecule has 0 spiro atoms. The maximum absolute atomic E-state index is 11.6. The maximum Gasteiger partial charge on any atom is 0.334 e. The van der Waals surface area contributed by atoms with Crippen molar-refractivity contribution < 1.29 is 14.3 Å². The van der Waals surface area contributed by atoms with E-state index in [9.17, 15) is 4.79 Å². The third kappa shape index (κ3) is 17.2. The number of carbonyl (C=O) groups is 1. The molecule has 0 saturated carbocycles. The minimum Gasteiger partial charge on any atom is -0.455 e. The van der Waals surface area contributed by atoms with Gasteiger partial charge in [0.25, 0.3) is 0 Å². The topological polar surface area (TPSA) is 38.8 Å². The molecule has 2 aliphatic rings. The zero-order chi connectivity index (χ0) is 26.4. The molecular weight excluding hydrogens is 456 g/mol. The Bertz CT molecular complexity index is 623. The fourth-order valence-electron chi connectivity index (χ4n) is 5.65. The summed E-state index contributed by atoms with van der Waals surface area (Å²) in [5.74, 6) is -0.0953. The van der Waals surface area contributed by atoms with Gasteiger partial charge in [-0.15, -0.1) is 0 Å². The second-order valence-electron chi connectivity index (χ2n) is 11.8. The van der Waals surface area contributed by atoms with Gasteiger partial charge < -0.3 is 9.47 Å². The van der Waals surface area contributed by atoms with Gasteiger partial charge in [-0.1, -0.05) is 128 Å². The van der Waals surface area contributed by atoms with Crippen molar-refractivity contribution in [3.05, 3.63) is 23.8 Å². The summed E-state index contributed by atoms with van der Waals surface area (Å²) in [7, 11) is 0. The minimum absolute atomic E-state index is 0.0223. The molecule has 214 valence electrons. The van der Waals surface area contributed by atoms with E-state index >= 15 is 0 Å². The van der Waals surface area contributed by atoms with E-state index in [0.29, 0.717) is 12.2 Å². The van der Waals surface area contributed by atoms with Gasteiger partial charge in [0.15, 0.2) is 0 Å². The van der Waals surface area contributed by atoms with Gasteiger partial charge in [-0.3, -0.25) is 0 Å². The number of hydrogen-bond donors (Lipinski definition) is 0. The van der Waals surface area contributed by atoms with Gasteiger partial charge in [0.1, 0.15) is 6.10 Å². The van der Waals surface area contributed by atoms with Crippen LogP contribution in [0.4, 0.5) is 0 Å². The average Bonchev–Trinajstić information content (AvgIpc) is 3.55. The Morgan fingerprint density at radius 1 is 0.649 bits per heavy atom. The Morgan fingerprint density at radius 3 is 1.76 bits per heavy atom. The highest BCUT2D eigenvalue weighted by Gasteiger charge is 2.36. The lowest BCUT2D eigenvalue weighted by Crippen LogP contribution is -2.03. The molecule has 2 heterocycles. The Morgan fingerprint density at radius 2 is 1.16 bits per heavy atom. The molecule has 3 heteroatoms. The third-order valence-electron chi connectivity index (χ3n) is 8.12. The van der Waals surface area contributed by atoms with Gasteiger partial charge in [0.2, 0.25) is 0 Å². The highest BCUT2D eigenvalue weighted by Crippen LogP contribution is 2.31. The van der Waals surface area contributed by atoms with Gasteiger partial charge in [-0.25, -0.2) is 4.79 Å². The second kappa shape index (κ2) is 21.8. The zero-order valence-electron chi connectivity index (χ0n) is 24.7. The normalized spacial score (nSPS) is 21.1. The number of rotatable bonds is 26. The van der Waals surface area contributed by atoms with Crippen LogP contribution in [0.15, 0.2) is 23.8 Å². The number of cyclic esters (lactones) is 1. The van der Waals surface area contributed by atoms with Crippen LogP contribution in [0.1, 0.15) is 168 Å². The average molecular weight is 517 g/mol. The smallest absolute Gasteiger partial charge is 0.334 e. The lowest BCUT2D eigenvalue weighted by atomic mass is 10.0. The van der Waals surface area contributed by atoms with E-state index in [2.05, 4.69) is 19.1 Å². The number of unbranched alkanes of at least 4 members (excludes halogenated alkanes) is 18. The summed E-state index contributed by atoms with van der Waals surface area (Å²) in [4.78, 5) is 11.6. The summed E-state index contributed by atoms with van der Waals surface area (Å²) in [6, 6.07) is 0. The Balaban J connectivity index is 1.24. The quantitative estimate of drug-likeness (QED) is 0.0496. The van der Waals surface area contributed by atoms with Crippen molar-refractivity contribution in [3.8, 4) is 0 Å². The van der Waals surface area contributed by atoms with Crippen LogP contribution in [0.3, 0.4) is 0 Å². The van der Waals surface area contributed by atoms with E-state index in [1.807, 2.05) is 13.0 Å². The van der Waals surface area contributed by atoms with Crippen molar-refractivity contribution in [1.29, 1.82) is 0 Å². The van der Waals surface area contributed by atoms with Crippen molar-refractivity contribution in [2.75, 3.05) is 0 Å². The fraction of sp³-hybridized carbons (Fsp3) is 0.853. The van der Waals surface area contributed by atoms with Crippen LogP contribution in [0.2, 0.25) is 0 Å². The van der Waals surface area contributed by atoms with E-state index in [4.69, 9.17) is 9.47 Å². The standard InChI is InChI=1S/C34H60O3/c1-3-4-5-6-7-8-9-10-11-12-15-18-21-24-27-32-33(37-32)28-25-22-19-16-13-14-17-20-23-26-31-29-30(2)36-34(31)35/h18,21,29-30,32-33H,3-17,19-20,22-28H2,1-2H3. The van der Waals surface area contributed by atoms with E-state index < -0.39 is 0 Å². The van der Waals surface area contributed by atoms with Crippen molar-refractivity contribution in [2.24, 2.45) is 0 Å². The van der Waals surface area contributed by atoms with Crippen LogP contribution in [-0.4, -0.2) is 24.3 Å². The molecule has 0 aromatic rings. The van der Waals surface area contributed by atoms with Crippen LogP contribution in [0.5, 0.6) is 0 Å². The number of hydrogen-bond acceptors (Lipinski definition) is 3. The minimum atomic E-state index is -0.0953. The first kappa shape index (κ1) is 32.1. The molecule has 0 aliphatic carbocycles. The lowest BCUT2D eigenvalue weighted by Gasteiger charge is -2.03. The first-order chi connectivity index (χ1) is 18.2. The molecule has 0 radical (unpaired) electrons. The predicted molar refractivity (Wildman–Crippen MR) is 158 cm³/mol. The number of esters is 1. The van der Waals surface area contributed by atoms with Crippen molar-refractivity contribution in [1.82, 2.24) is 0 Å². The van der Waals surface area contributed by atoms with Crippen molar-refractivity contribution in [2.45, 2.75) is 186 Å². The number of allylic oxidation sites excluding steroid dienone is 2. The monoisotopic (exact) mass is 516 g/mol. The Labute approximate surface area is 230 Å². The largest absolute Gasteiger partial charge is 0.455 e. The van der Waals surface area contributed by atoms with Crippen LogP contribution in [-0.2, 0) is 14.3 Å². The number of carbonyl (C=O) groups excluding carboxylic acids is 1. The van der Waals surface area contributed by atoms with Crippen LogP contribution in [0, 0.1) is 0 Å². The van der Waals surface area contributed by atoms with Gasteiger partial charge in [-0.05, 0) is 57.9 Å². The second-order valence-corrected chi connectivity index (χ2v) is 11.8. The summed E-state index contributed by atoms with van der Waals surface area (Å²) in [6.07, 6.45) is 39.7. The molecule has 2 rings (SSSR count). The molecule has 3 atom stereocenters. The van der Waals surface area contributed by atoms with Crippen LogP contribution < -0.4 is 0 Å². The molecule has 1 fully saturated rings. The molecule has 2 aliphatic heterocycles. The van der Waals surface area contributed by atoms with Crippen LogP contribution >= 0.6 is 0 Å². The van der Waals surface area contributed by atoms with Gasteiger partial charge in [0.05, 0.1) is 12.2 Å². The SMILES string of the molecule is CCCCCCCCCCCCC=CCCC1OC1CCCCCCCCCCCC1=CC(C)OC1=O. The van der Waals surface area contributed by atoms with Crippen molar-refractivity contribution in [3.63, 3.8) is 0 Å². The summed E-state index contributed by atoms with van der Waals surface area (Å²) in [5.41, 5.74) is 0.894. The highest BCUT2D eigenvalue weighted by molar-refractivity contribution is 5.90. The molecular formula is C34H60O3. The molecule has 0 N–H and O–H groups in total. The number of ether oxygens (including phenoxy) is 2. The Kier molecular flexibility index (Phi) is 18.9. The van der Waals surface area contributed by atoms with E-state index in [1.54, 1.807) is 0 Å². The van der Waals surface area contributed by atoms with Gasteiger partial charge >= 0.3 is 5.97 Å². The van der Waals surface area contributed by atoms with Gasteiger partial charge in [-0.2, -0.15) is 0 Å². The summed E-state index contributed by atoms with van der Waals surface area (Å²) in [5, 5.41) is 0. The Hall–Kier alpha value is -1.09. The highest BCUT2D eigenvalue weighted by atomic mass is 16.6. The summed E-state index contributed by atoms with van der Waals surface area (Å²) >= 11 is 0. The third-order valence-corrected chi connectivity index (χ3v) is 8.12. The number of epoxide rings is 1. The molecule has 37 heavy (non-hydrogen) atoms. The zero-order valence-corrected chi connectivity index (χ0v) is 24.7. The van der Waals surface area contributed by atoms with E-state index in [-0.39, 0.29) is 12.1 Å². The maximum atomic E-state index is 11.6. The molecule has 1 saturated heterocycles. The molecule has 0 amide bonds.